The van der Waals surface area contributed by atoms with Crippen molar-refractivity contribution in [1.82, 2.24) is 15.5 Å². The average Bonchev–Trinajstić information content (AvgIpc) is 3.27. The molecule has 1 aromatic carbocycles. The fourth-order valence-electron chi connectivity index (χ4n) is 3.33. The Morgan fingerprint density at radius 2 is 1.86 bits per heavy atom. The summed E-state index contributed by atoms with van der Waals surface area (Å²) in [7, 11) is 3.53. The van der Waals surface area contributed by atoms with Gasteiger partial charge in [-0.2, -0.15) is 11.3 Å². The summed E-state index contributed by atoms with van der Waals surface area (Å²) in [6, 6.07) is 10.5. The summed E-state index contributed by atoms with van der Waals surface area (Å²) < 4.78 is 5.24. The van der Waals surface area contributed by atoms with Crippen molar-refractivity contribution in [3.63, 3.8) is 0 Å². The van der Waals surface area contributed by atoms with E-state index in [-0.39, 0.29) is 24.0 Å². The molecule has 1 aliphatic heterocycles. The number of piperazine rings is 1. The maximum atomic E-state index is 5.24. The molecule has 2 N–H and O–H groups in total. The first-order valence-corrected chi connectivity index (χ1v) is 10.8. The Hall–Kier alpha value is -1.52. The minimum atomic E-state index is 0. The Morgan fingerprint density at radius 1 is 1.10 bits per heavy atom. The molecule has 1 fully saturated rings. The highest BCUT2D eigenvalue weighted by Gasteiger charge is 2.16. The lowest BCUT2D eigenvalue weighted by molar-refractivity contribution is 0.255. The minimum absolute atomic E-state index is 0. The Labute approximate surface area is 195 Å². The maximum Gasteiger partial charge on any atom is 0.191 e. The molecule has 0 bridgehead atoms. The third-order valence-electron chi connectivity index (χ3n) is 5.02. The fraction of sp³-hybridized carbons (Fsp3) is 0.476. The van der Waals surface area contributed by atoms with Gasteiger partial charge < -0.3 is 20.3 Å². The SMILES string of the molecule is CN=C(NCCCN1CCN(c2ccc(OC)cc2)CC1)NCc1ccsc1.I. The number of nitrogens with zero attached hydrogens (tertiary/aromatic N) is 3. The number of guanidine groups is 1. The van der Waals surface area contributed by atoms with Gasteiger partial charge in [0, 0.05) is 52.0 Å². The van der Waals surface area contributed by atoms with Crippen LogP contribution >= 0.6 is 35.3 Å². The topological polar surface area (TPSA) is 52.1 Å². The number of anilines is 1. The van der Waals surface area contributed by atoms with Crippen LogP contribution in [-0.4, -0.2) is 64.3 Å². The molecule has 0 radical (unpaired) electrons. The van der Waals surface area contributed by atoms with Gasteiger partial charge in [-0.05, 0) is 59.6 Å². The third kappa shape index (κ3) is 7.67. The van der Waals surface area contributed by atoms with E-state index in [0.29, 0.717) is 0 Å². The fourth-order valence-corrected chi connectivity index (χ4v) is 4.00. The van der Waals surface area contributed by atoms with E-state index in [0.717, 1.165) is 63.9 Å². The second kappa shape index (κ2) is 12.9. The van der Waals surface area contributed by atoms with Gasteiger partial charge in [0.15, 0.2) is 5.96 Å². The summed E-state index contributed by atoms with van der Waals surface area (Å²) >= 11 is 1.72. The Morgan fingerprint density at radius 3 is 2.48 bits per heavy atom. The van der Waals surface area contributed by atoms with E-state index in [1.165, 1.54) is 11.3 Å². The molecule has 29 heavy (non-hydrogen) atoms. The molecule has 0 amide bonds. The Bertz CT molecular complexity index is 715. The molecule has 160 valence electrons. The normalized spacial score (nSPS) is 15.0. The second-order valence-corrected chi connectivity index (χ2v) is 7.64. The molecular weight excluding hydrogens is 497 g/mol. The number of halogens is 1. The molecule has 6 nitrogen and oxygen atoms in total. The molecule has 8 heteroatoms. The lowest BCUT2D eigenvalue weighted by atomic mass is 10.2. The zero-order valence-electron chi connectivity index (χ0n) is 17.3. The molecular formula is C21H32IN5OS. The van der Waals surface area contributed by atoms with E-state index in [2.05, 4.69) is 54.4 Å². The molecule has 0 saturated carbocycles. The first-order valence-electron chi connectivity index (χ1n) is 9.85. The van der Waals surface area contributed by atoms with Crippen LogP contribution in [0.25, 0.3) is 0 Å². The van der Waals surface area contributed by atoms with Crippen molar-refractivity contribution in [2.24, 2.45) is 4.99 Å². The van der Waals surface area contributed by atoms with Gasteiger partial charge in [-0.15, -0.1) is 24.0 Å². The van der Waals surface area contributed by atoms with Gasteiger partial charge in [0.1, 0.15) is 5.75 Å². The number of aliphatic imine (C=N–C) groups is 1. The molecule has 0 atom stereocenters. The molecule has 1 aromatic heterocycles. The van der Waals surface area contributed by atoms with E-state index >= 15 is 0 Å². The van der Waals surface area contributed by atoms with Crippen LogP contribution in [0.3, 0.4) is 0 Å². The lowest BCUT2D eigenvalue weighted by Crippen LogP contribution is -2.47. The monoisotopic (exact) mass is 529 g/mol. The van der Waals surface area contributed by atoms with Gasteiger partial charge in [0.2, 0.25) is 0 Å². The maximum absolute atomic E-state index is 5.24. The Balaban J connectivity index is 0.00000300. The van der Waals surface area contributed by atoms with Crippen molar-refractivity contribution in [1.29, 1.82) is 0 Å². The molecule has 2 heterocycles. The quantitative estimate of drug-likeness (QED) is 0.238. The highest BCUT2D eigenvalue weighted by molar-refractivity contribution is 14.0. The number of methoxy groups -OCH3 is 1. The van der Waals surface area contributed by atoms with Crippen LogP contribution in [0, 0.1) is 0 Å². The standard InChI is InChI=1S/C21H31N5OS.HI/c1-22-21(24-16-18-8-15-28-17-18)23-9-3-10-25-11-13-26(14-12-25)19-4-6-20(27-2)7-5-19;/h4-8,15,17H,3,9-14,16H2,1-2H3,(H2,22,23,24);1H. The third-order valence-corrected chi connectivity index (χ3v) is 5.75. The van der Waals surface area contributed by atoms with Crippen molar-refractivity contribution in [3.05, 3.63) is 46.7 Å². The number of thiophene rings is 1. The van der Waals surface area contributed by atoms with Gasteiger partial charge in [-0.25, -0.2) is 0 Å². The lowest BCUT2D eigenvalue weighted by Gasteiger charge is -2.36. The first-order chi connectivity index (χ1) is 13.8. The number of rotatable bonds is 8. The summed E-state index contributed by atoms with van der Waals surface area (Å²) in [5, 5.41) is 11.0. The van der Waals surface area contributed by atoms with Crippen molar-refractivity contribution in [2.75, 3.05) is 58.3 Å². The average molecular weight is 529 g/mol. The highest BCUT2D eigenvalue weighted by Crippen LogP contribution is 2.20. The first kappa shape index (κ1) is 23.8. The molecule has 1 aliphatic rings. The van der Waals surface area contributed by atoms with Crippen LogP contribution in [-0.2, 0) is 6.54 Å². The summed E-state index contributed by atoms with van der Waals surface area (Å²) in [6.07, 6.45) is 1.11. The number of benzene rings is 1. The van der Waals surface area contributed by atoms with E-state index in [4.69, 9.17) is 4.74 Å². The zero-order valence-corrected chi connectivity index (χ0v) is 20.4. The van der Waals surface area contributed by atoms with E-state index < -0.39 is 0 Å². The molecule has 0 aliphatic carbocycles. The van der Waals surface area contributed by atoms with Crippen LogP contribution < -0.4 is 20.3 Å². The van der Waals surface area contributed by atoms with Gasteiger partial charge in [0.25, 0.3) is 0 Å². The van der Waals surface area contributed by atoms with Crippen LogP contribution in [0.5, 0.6) is 5.75 Å². The second-order valence-electron chi connectivity index (χ2n) is 6.86. The van der Waals surface area contributed by atoms with E-state index in [1.54, 1.807) is 18.4 Å². The van der Waals surface area contributed by atoms with E-state index in [1.807, 2.05) is 19.2 Å². The number of hydrogen-bond donors (Lipinski definition) is 2. The van der Waals surface area contributed by atoms with Crippen molar-refractivity contribution < 1.29 is 4.74 Å². The minimum Gasteiger partial charge on any atom is -0.497 e. The van der Waals surface area contributed by atoms with Crippen LogP contribution in [0.2, 0.25) is 0 Å². The van der Waals surface area contributed by atoms with Crippen LogP contribution in [0.4, 0.5) is 5.69 Å². The van der Waals surface area contributed by atoms with Crippen LogP contribution in [0.15, 0.2) is 46.1 Å². The van der Waals surface area contributed by atoms with Gasteiger partial charge in [0.05, 0.1) is 7.11 Å². The van der Waals surface area contributed by atoms with E-state index in [9.17, 15) is 0 Å². The molecule has 3 rings (SSSR count). The van der Waals surface area contributed by atoms with Gasteiger partial charge in [-0.3, -0.25) is 9.89 Å². The van der Waals surface area contributed by atoms with Crippen LogP contribution in [0.1, 0.15) is 12.0 Å². The Kier molecular flexibility index (Phi) is 10.6. The van der Waals surface area contributed by atoms with Gasteiger partial charge in [-0.1, -0.05) is 0 Å². The summed E-state index contributed by atoms with van der Waals surface area (Å²) in [4.78, 5) is 9.29. The smallest absolute Gasteiger partial charge is 0.191 e. The number of nitrogens with one attached hydrogen (secondary N) is 2. The molecule has 0 unspecified atom stereocenters. The molecule has 1 saturated heterocycles. The number of ether oxygens (including phenoxy) is 1. The largest absolute Gasteiger partial charge is 0.497 e. The molecule has 2 aromatic rings. The summed E-state index contributed by atoms with van der Waals surface area (Å²) in [6.45, 7) is 7.23. The predicted octanol–water partition coefficient (Wildman–Crippen LogP) is 3.25. The summed E-state index contributed by atoms with van der Waals surface area (Å²) in [5.41, 5.74) is 2.57. The van der Waals surface area contributed by atoms with Crippen molar-refractivity contribution in [2.45, 2.75) is 13.0 Å². The highest BCUT2D eigenvalue weighted by atomic mass is 127. The molecule has 0 spiro atoms. The van der Waals surface area contributed by atoms with Gasteiger partial charge >= 0.3 is 0 Å². The van der Waals surface area contributed by atoms with Crippen molar-refractivity contribution in [3.8, 4) is 5.75 Å². The number of hydrogen-bond acceptors (Lipinski definition) is 5. The van der Waals surface area contributed by atoms with Crippen molar-refractivity contribution >= 4 is 47.0 Å². The summed E-state index contributed by atoms with van der Waals surface area (Å²) in [5.74, 6) is 1.78. The predicted molar refractivity (Wildman–Crippen MR) is 134 cm³/mol. The zero-order chi connectivity index (χ0) is 19.6.